The summed E-state index contributed by atoms with van der Waals surface area (Å²) in [5, 5.41) is 0. The lowest BCUT2D eigenvalue weighted by Crippen LogP contribution is -2.68. The quantitative estimate of drug-likeness (QED) is 0.367. The summed E-state index contributed by atoms with van der Waals surface area (Å²) in [5.41, 5.74) is 5.01. The van der Waals surface area contributed by atoms with Gasteiger partial charge >= 0.3 is 0 Å². The minimum Gasteiger partial charge on any atom is -0.370 e. The summed E-state index contributed by atoms with van der Waals surface area (Å²) < 4.78 is 61.1. The fourth-order valence-corrected chi connectivity index (χ4v) is 1.83. The molecule has 10 nitrogen and oxygen atoms in total. The Morgan fingerprint density at radius 2 is 1.60 bits per heavy atom. The van der Waals surface area contributed by atoms with Crippen LogP contribution in [-0.2, 0) is 19.1 Å². The molecule has 0 aliphatic rings. The van der Waals surface area contributed by atoms with E-state index in [0.717, 1.165) is 6.26 Å². The molecular weight excluding hydrogens is 320 g/mol. The van der Waals surface area contributed by atoms with Crippen molar-refractivity contribution in [3.63, 3.8) is 0 Å². The van der Waals surface area contributed by atoms with E-state index in [1.54, 1.807) is 0 Å². The van der Waals surface area contributed by atoms with Crippen molar-refractivity contribution in [2.24, 2.45) is 5.73 Å². The van der Waals surface area contributed by atoms with Gasteiger partial charge in [0.15, 0.2) is 0 Å². The molecule has 0 aliphatic heterocycles. The zero-order chi connectivity index (χ0) is 16.8. The van der Waals surface area contributed by atoms with E-state index in [4.69, 9.17) is 28.6 Å². The fourth-order valence-electron chi connectivity index (χ4n) is 1.21. The second-order valence-corrected chi connectivity index (χ2v) is 7.30. The topological polar surface area (TPSA) is 179 Å². The van der Waals surface area contributed by atoms with Gasteiger partial charge in [-0.1, -0.05) is 0 Å². The summed E-state index contributed by atoms with van der Waals surface area (Å²) >= 11 is 0. The maximum atomic E-state index is 10.9. The minimum absolute atomic E-state index is 0.0947. The van der Waals surface area contributed by atoms with Crippen molar-refractivity contribution in [2.75, 3.05) is 33.9 Å². The lowest BCUT2D eigenvalue weighted by molar-refractivity contribution is -2.00. The number of carbonyl (C=O) groups is 1. The number of nitrogens with zero attached hydrogens (tertiary/aromatic N) is 1. The standard InChI is InChI=1S/C8H18N2O4S.ClHO4/c1-10(2,3)6-7(5-8(9)11)14-15(4,12)13;2-1(3,4)5/h7H,5-6H2,1-4H3,(H-,9,11);(H,2,3,4,5). The van der Waals surface area contributed by atoms with Crippen LogP contribution in [0.2, 0.25) is 0 Å². The van der Waals surface area contributed by atoms with E-state index in [2.05, 4.69) is 0 Å². The molecule has 2 N–H and O–H groups in total. The van der Waals surface area contributed by atoms with Crippen LogP contribution in [0, 0.1) is 10.2 Å². The summed E-state index contributed by atoms with van der Waals surface area (Å²) in [5.74, 6) is -0.572. The molecule has 0 bridgehead atoms. The van der Waals surface area contributed by atoms with Crippen molar-refractivity contribution in [1.82, 2.24) is 0 Å². The van der Waals surface area contributed by atoms with Crippen LogP contribution < -0.4 is 24.4 Å². The number of likely N-dealkylation sites (N-methyl/N-ethyl adjacent to an activating group) is 1. The number of amides is 1. The van der Waals surface area contributed by atoms with Gasteiger partial charge in [0.25, 0.3) is 10.1 Å². The molecular formula is C8H19ClN2O8S. The SMILES string of the molecule is C[N+](C)(C)CC(CC(N)=O)OS(C)(=O)=O.[O-][Cl+3]([O-])([O-])[O-]. The Hall–Kier alpha value is -0.530. The van der Waals surface area contributed by atoms with E-state index < -0.39 is 32.4 Å². The average molecular weight is 339 g/mol. The van der Waals surface area contributed by atoms with Crippen molar-refractivity contribution >= 4 is 16.0 Å². The number of hydrogen-bond acceptors (Lipinski definition) is 8. The monoisotopic (exact) mass is 338 g/mol. The van der Waals surface area contributed by atoms with Gasteiger partial charge in [-0.25, -0.2) is 18.6 Å². The van der Waals surface area contributed by atoms with E-state index >= 15 is 0 Å². The molecule has 0 fully saturated rings. The van der Waals surface area contributed by atoms with Gasteiger partial charge in [-0.05, 0) is 0 Å². The zero-order valence-electron chi connectivity index (χ0n) is 11.6. The Kier molecular flexibility index (Phi) is 8.75. The van der Waals surface area contributed by atoms with E-state index in [0.29, 0.717) is 11.0 Å². The third-order valence-electron chi connectivity index (χ3n) is 1.49. The maximum absolute atomic E-state index is 10.9. The molecule has 0 saturated carbocycles. The first-order chi connectivity index (χ1) is 8.49. The molecule has 0 aromatic carbocycles. The molecule has 12 heteroatoms. The van der Waals surface area contributed by atoms with Gasteiger partial charge in [0.2, 0.25) is 5.91 Å². The van der Waals surface area contributed by atoms with Crippen molar-refractivity contribution in [1.29, 1.82) is 0 Å². The molecule has 0 rings (SSSR count). The fraction of sp³-hybridized carbons (Fsp3) is 0.875. The van der Waals surface area contributed by atoms with Crippen LogP contribution in [0.3, 0.4) is 0 Å². The predicted octanol–water partition coefficient (Wildman–Crippen LogP) is -5.84. The Morgan fingerprint density at radius 1 is 1.25 bits per heavy atom. The molecule has 1 atom stereocenters. The second-order valence-electron chi connectivity index (χ2n) is 4.94. The molecule has 0 aromatic rings. The number of primary amides is 1. The molecule has 1 unspecified atom stereocenters. The number of rotatable bonds is 6. The lowest BCUT2D eigenvalue weighted by atomic mass is 10.2. The van der Waals surface area contributed by atoms with Crippen molar-refractivity contribution in [3.05, 3.63) is 0 Å². The van der Waals surface area contributed by atoms with Crippen LogP contribution in [0.5, 0.6) is 0 Å². The molecule has 0 radical (unpaired) electrons. The average Bonchev–Trinajstić information content (AvgIpc) is 1.89. The van der Waals surface area contributed by atoms with Gasteiger partial charge in [0.1, 0.15) is 12.6 Å². The summed E-state index contributed by atoms with van der Waals surface area (Å²) in [7, 11) is -2.88. The third kappa shape index (κ3) is 26.1. The molecule has 20 heavy (non-hydrogen) atoms. The predicted molar refractivity (Wildman–Crippen MR) is 56.4 cm³/mol. The van der Waals surface area contributed by atoms with Crippen molar-refractivity contribution in [2.45, 2.75) is 12.5 Å². The van der Waals surface area contributed by atoms with Gasteiger partial charge in [-0.15, -0.1) is 10.2 Å². The first kappa shape index (κ1) is 21.8. The summed E-state index contributed by atoms with van der Waals surface area (Å²) in [6.45, 7) is 0.399. The van der Waals surface area contributed by atoms with Crippen LogP contribution in [0.25, 0.3) is 0 Å². The Labute approximate surface area is 119 Å². The lowest BCUT2D eigenvalue weighted by Gasteiger charge is -2.27. The Balaban J connectivity index is 0. The normalized spacial score (nSPS) is 14.2. The van der Waals surface area contributed by atoms with Crippen molar-refractivity contribution < 1.29 is 50.8 Å². The summed E-state index contributed by atoms with van der Waals surface area (Å²) in [4.78, 5) is 10.7. The first-order valence-corrected chi connectivity index (χ1v) is 8.13. The molecule has 122 valence electrons. The zero-order valence-corrected chi connectivity index (χ0v) is 13.1. The van der Waals surface area contributed by atoms with Crippen LogP contribution >= 0.6 is 0 Å². The summed E-state index contributed by atoms with van der Waals surface area (Å²) in [6.07, 6.45) is 0.164. The van der Waals surface area contributed by atoms with Gasteiger partial charge in [-0.2, -0.15) is 8.42 Å². The highest BCUT2D eigenvalue weighted by atomic mass is 35.7. The third-order valence-corrected chi connectivity index (χ3v) is 2.11. The van der Waals surface area contributed by atoms with Crippen LogP contribution in [-0.4, -0.2) is 58.9 Å². The Bertz CT molecular complexity index is 394. The molecule has 0 saturated heterocycles. The van der Waals surface area contributed by atoms with Crippen LogP contribution in [0.1, 0.15) is 6.42 Å². The van der Waals surface area contributed by atoms with E-state index in [9.17, 15) is 13.2 Å². The van der Waals surface area contributed by atoms with E-state index in [1.165, 1.54) is 0 Å². The minimum atomic E-state index is -4.94. The molecule has 0 heterocycles. The van der Waals surface area contributed by atoms with Crippen molar-refractivity contribution in [3.8, 4) is 0 Å². The van der Waals surface area contributed by atoms with Gasteiger partial charge in [0, 0.05) is 0 Å². The second kappa shape index (κ2) is 8.05. The maximum Gasteiger partial charge on any atom is 0.264 e. The van der Waals surface area contributed by atoms with Gasteiger partial charge < -0.3 is 10.2 Å². The highest BCUT2D eigenvalue weighted by Crippen LogP contribution is 2.07. The van der Waals surface area contributed by atoms with Crippen LogP contribution in [0.4, 0.5) is 0 Å². The van der Waals surface area contributed by atoms with Crippen LogP contribution in [0.15, 0.2) is 0 Å². The Morgan fingerprint density at radius 3 is 1.80 bits per heavy atom. The first-order valence-electron chi connectivity index (χ1n) is 5.08. The molecule has 0 aliphatic carbocycles. The molecule has 1 amide bonds. The van der Waals surface area contributed by atoms with E-state index in [-0.39, 0.29) is 6.42 Å². The van der Waals surface area contributed by atoms with Gasteiger partial charge in [0.05, 0.1) is 33.8 Å². The van der Waals surface area contributed by atoms with Gasteiger partial charge in [-0.3, -0.25) is 8.98 Å². The highest BCUT2D eigenvalue weighted by Gasteiger charge is 2.24. The molecule has 0 spiro atoms. The number of nitrogens with two attached hydrogens (primary N) is 1. The highest BCUT2D eigenvalue weighted by molar-refractivity contribution is 7.86. The number of quaternary nitrogens is 1. The number of hydrogen-bond donors (Lipinski definition) is 1. The molecule has 0 aromatic heterocycles. The van der Waals surface area contributed by atoms with E-state index in [1.807, 2.05) is 21.1 Å². The smallest absolute Gasteiger partial charge is 0.264 e. The largest absolute Gasteiger partial charge is 0.370 e. The number of halogens is 1. The number of carbonyl (C=O) groups excluding carboxylic acids is 1. The summed E-state index contributed by atoms with van der Waals surface area (Å²) in [6, 6.07) is 0.